The monoisotopic (exact) mass is 328 g/mol. The van der Waals surface area contributed by atoms with Crippen LogP contribution in [-0.4, -0.2) is 42.6 Å². The molecular weight excluding hydrogens is 307 g/mol. The maximum absolute atomic E-state index is 12.8. The molecule has 2 heterocycles. The van der Waals surface area contributed by atoms with E-state index in [9.17, 15) is 9.18 Å². The van der Waals surface area contributed by atoms with Crippen LogP contribution in [0, 0.1) is 5.82 Å². The van der Waals surface area contributed by atoms with Gasteiger partial charge in [0.25, 0.3) is 0 Å². The number of amides is 1. The summed E-state index contributed by atoms with van der Waals surface area (Å²) in [6.07, 6.45) is 3.80. The van der Waals surface area contributed by atoms with E-state index in [1.165, 1.54) is 12.1 Å². The summed E-state index contributed by atoms with van der Waals surface area (Å²) in [4.78, 5) is 14.2. The maximum atomic E-state index is 12.8. The van der Waals surface area contributed by atoms with Gasteiger partial charge in [-0.2, -0.15) is 0 Å². The Morgan fingerprint density at radius 3 is 2.45 bits per heavy atom. The minimum absolute atomic E-state index is 0. The van der Waals surface area contributed by atoms with E-state index in [0.29, 0.717) is 5.75 Å². The average Bonchev–Trinajstić information content (AvgIpc) is 3.04. The number of ether oxygens (including phenoxy) is 1. The highest BCUT2D eigenvalue weighted by molar-refractivity contribution is 5.85. The minimum atomic E-state index is -0.258. The van der Waals surface area contributed by atoms with Crippen molar-refractivity contribution in [1.29, 1.82) is 0 Å². The fourth-order valence-corrected chi connectivity index (χ4v) is 3.02. The number of hydrogen-bond donors (Lipinski definition) is 1. The van der Waals surface area contributed by atoms with E-state index in [4.69, 9.17) is 4.74 Å². The van der Waals surface area contributed by atoms with Crippen molar-refractivity contribution in [2.45, 2.75) is 37.8 Å². The van der Waals surface area contributed by atoms with Crippen LogP contribution in [0.2, 0.25) is 0 Å². The molecule has 6 heteroatoms. The number of rotatable bonds is 3. The number of halogens is 2. The average molecular weight is 329 g/mol. The molecule has 1 unspecified atom stereocenters. The number of carbonyl (C=O) groups is 1. The predicted octanol–water partition coefficient (Wildman–Crippen LogP) is 2.37. The lowest BCUT2D eigenvalue weighted by atomic mass is 10.1. The van der Waals surface area contributed by atoms with Crippen LogP contribution in [0.3, 0.4) is 0 Å². The van der Waals surface area contributed by atoms with Gasteiger partial charge in [-0.15, -0.1) is 12.4 Å². The van der Waals surface area contributed by atoms with Crippen molar-refractivity contribution in [3.8, 4) is 5.75 Å². The fraction of sp³-hybridized carbons (Fsp3) is 0.562. The molecule has 0 bridgehead atoms. The summed E-state index contributed by atoms with van der Waals surface area (Å²) in [6, 6.07) is 6.11. The van der Waals surface area contributed by atoms with Gasteiger partial charge in [0.2, 0.25) is 5.91 Å². The van der Waals surface area contributed by atoms with E-state index in [-0.39, 0.29) is 36.3 Å². The van der Waals surface area contributed by atoms with Crippen LogP contribution in [0.1, 0.15) is 25.7 Å². The van der Waals surface area contributed by atoms with Crippen LogP contribution in [0.5, 0.6) is 5.75 Å². The zero-order valence-corrected chi connectivity index (χ0v) is 13.3. The molecule has 1 atom stereocenters. The van der Waals surface area contributed by atoms with Crippen LogP contribution in [0.25, 0.3) is 0 Å². The predicted molar refractivity (Wildman–Crippen MR) is 84.9 cm³/mol. The molecule has 0 radical (unpaired) electrons. The van der Waals surface area contributed by atoms with Crippen molar-refractivity contribution in [2.24, 2.45) is 0 Å². The molecule has 0 saturated carbocycles. The summed E-state index contributed by atoms with van der Waals surface area (Å²) in [7, 11) is 0. The standard InChI is InChI=1S/C16H21FN2O2.ClH/c17-12-3-5-13(6-4-12)21-14-7-10-19(11-8-14)16(20)15-2-1-9-18-15;/h3-6,14-15,18H,1-2,7-11H2;1H. The Labute approximate surface area is 136 Å². The Hall–Kier alpha value is -1.33. The highest BCUT2D eigenvalue weighted by Gasteiger charge is 2.30. The van der Waals surface area contributed by atoms with Gasteiger partial charge >= 0.3 is 0 Å². The molecule has 2 aliphatic heterocycles. The largest absolute Gasteiger partial charge is 0.490 e. The molecule has 1 amide bonds. The molecule has 1 aromatic carbocycles. The van der Waals surface area contributed by atoms with Crippen LogP contribution in [0.4, 0.5) is 4.39 Å². The third-order valence-corrected chi connectivity index (χ3v) is 4.23. The molecule has 0 aromatic heterocycles. The van der Waals surface area contributed by atoms with Gasteiger partial charge in [-0.05, 0) is 43.7 Å². The van der Waals surface area contributed by atoms with Gasteiger partial charge in [0.15, 0.2) is 0 Å². The highest BCUT2D eigenvalue weighted by Crippen LogP contribution is 2.20. The summed E-state index contributed by atoms with van der Waals surface area (Å²) in [5.74, 6) is 0.665. The summed E-state index contributed by atoms with van der Waals surface area (Å²) < 4.78 is 18.7. The summed E-state index contributed by atoms with van der Waals surface area (Å²) in [6.45, 7) is 2.42. The molecule has 4 nitrogen and oxygen atoms in total. The summed E-state index contributed by atoms with van der Waals surface area (Å²) in [5, 5.41) is 3.25. The second kappa shape index (κ2) is 7.79. The molecule has 0 aliphatic carbocycles. The lowest BCUT2D eigenvalue weighted by Crippen LogP contribution is -2.48. The van der Waals surface area contributed by atoms with E-state index in [1.54, 1.807) is 12.1 Å². The first-order chi connectivity index (χ1) is 10.2. The Morgan fingerprint density at radius 2 is 1.86 bits per heavy atom. The van der Waals surface area contributed by atoms with Crippen LogP contribution in [-0.2, 0) is 4.79 Å². The lowest BCUT2D eigenvalue weighted by Gasteiger charge is -2.33. The molecule has 2 aliphatic rings. The molecule has 122 valence electrons. The Morgan fingerprint density at radius 1 is 1.18 bits per heavy atom. The van der Waals surface area contributed by atoms with E-state index < -0.39 is 0 Å². The molecule has 3 rings (SSSR count). The smallest absolute Gasteiger partial charge is 0.239 e. The first kappa shape index (κ1) is 17.0. The number of likely N-dealkylation sites (tertiary alicyclic amines) is 1. The number of nitrogens with one attached hydrogen (secondary N) is 1. The zero-order valence-electron chi connectivity index (χ0n) is 12.5. The number of nitrogens with zero attached hydrogens (tertiary/aromatic N) is 1. The van der Waals surface area contributed by atoms with Gasteiger partial charge in [-0.25, -0.2) is 4.39 Å². The fourth-order valence-electron chi connectivity index (χ4n) is 3.02. The summed E-state index contributed by atoms with van der Waals surface area (Å²) >= 11 is 0. The molecular formula is C16H22ClFN2O2. The third kappa shape index (κ3) is 4.11. The first-order valence-electron chi connectivity index (χ1n) is 7.67. The van der Waals surface area contributed by atoms with Crippen LogP contribution < -0.4 is 10.1 Å². The van der Waals surface area contributed by atoms with Crippen molar-refractivity contribution >= 4 is 18.3 Å². The minimum Gasteiger partial charge on any atom is -0.490 e. The van der Waals surface area contributed by atoms with Gasteiger partial charge in [0.05, 0.1) is 6.04 Å². The van der Waals surface area contributed by atoms with Crippen molar-refractivity contribution in [2.75, 3.05) is 19.6 Å². The van der Waals surface area contributed by atoms with E-state index >= 15 is 0 Å². The van der Waals surface area contributed by atoms with Crippen LogP contribution in [0.15, 0.2) is 24.3 Å². The Kier molecular flexibility index (Phi) is 6.03. The van der Waals surface area contributed by atoms with Crippen molar-refractivity contribution in [3.05, 3.63) is 30.1 Å². The van der Waals surface area contributed by atoms with Crippen molar-refractivity contribution in [3.63, 3.8) is 0 Å². The highest BCUT2D eigenvalue weighted by atomic mass is 35.5. The van der Waals surface area contributed by atoms with Gasteiger partial charge in [0.1, 0.15) is 17.7 Å². The Balaban J connectivity index is 0.00000176. The number of hydrogen-bond acceptors (Lipinski definition) is 3. The molecule has 0 spiro atoms. The van der Waals surface area contributed by atoms with E-state index in [2.05, 4.69) is 5.32 Å². The second-order valence-electron chi connectivity index (χ2n) is 5.75. The van der Waals surface area contributed by atoms with Gasteiger partial charge in [-0.1, -0.05) is 0 Å². The normalized spacial score (nSPS) is 22.2. The van der Waals surface area contributed by atoms with Crippen LogP contribution >= 0.6 is 12.4 Å². The third-order valence-electron chi connectivity index (χ3n) is 4.23. The van der Waals surface area contributed by atoms with E-state index in [1.807, 2.05) is 4.90 Å². The van der Waals surface area contributed by atoms with Gasteiger partial charge in [-0.3, -0.25) is 4.79 Å². The van der Waals surface area contributed by atoms with Crippen molar-refractivity contribution < 1.29 is 13.9 Å². The second-order valence-corrected chi connectivity index (χ2v) is 5.75. The number of piperidine rings is 1. The zero-order chi connectivity index (χ0) is 14.7. The topological polar surface area (TPSA) is 41.6 Å². The first-order valence-corrected chi connectivity index (χ1v) is 7.67. The van der Waals surface area contributed by atoms with E-state index in [0.717, 1.165) is 45.3 Å². The SMILES string of the molecule is Cl.O=C(C1CCCN1)N1CCC(Oc2ccc(F)cc2)CC1. The Bertz CT molecular complexity index is 483. The number of benzene rings is 1. The number of carbonyl (C=O) groups excluding carboxylic acids is 1. The molecule has 2 fully saturated rings. The quantitative estimate of drug-likeness (QED) is 0.926. The van der Waals surface area contributed by atoms with Crippen molar-refractivity contribution in [1.82, 2.24) is 10.2 Å². The summed E-state index contributed by atoms with van der Waals surface area (Å²) in [5.41, 5.74) is 0. The molecule has 1 N–H and O–H groups in total. The molecule has 2 saturated heterocycles. The van der Waals surface area contributed by atoms with Gasteiger partial charge in [0, 0.05) is 25.9 Å². The maximum Gasteiger partial charge on any atom is 0.239 e. The molecule has 1 aromatic rings. The molecule has 22 heavy (non-hydrogen) atoms. The lowest BCUT2D eigenvalue weighted by molar-refractivity contribution is -0.134. The van der Waals surface area contributed by atoms with Gasteiger partial charge < -0.3 is 15.0 Å².